The average molecular weight is 298 g/mol. The van der Waals surface area contributed by atoms with Crippen molar-refractivity contribution in [1.82, 2.24) is 15.1 Å². The van der Waals surface area contributed by atoms with Crippen molar-refractivity contribution in [2.45, 2.75) is 31.7 Å². The molecule has 5 heteroatoms. The molecule has 1 aliphatic carbocycles. The van der Waals surface area contributed by atoms with Crippen molar-refractivity contribution >= 4 is 21.8 Å². The van der Waals surface area contributed by atoms with Gasteiger partial charge in [-0.1, -0.05) is 15.9 Å². The molecule has 17 heavy (non-hydrogen) atoms. The highest BCUT2D eigenvalue weighted by Gasteiger charge is 2.28. The summed E-state index contributed by atoms with van der Waals surface area (Å²) < 4.78 is 0. The van der Waals surface area contributed by atoms with Crippen molar-refractivity contribution in [3.05, 3.63) is 24.0 Å². The van der Waals surface area contributed by atoms with Crippen LogP contribution in [0.15, 0.2) is 18.5 Å². The fourth-order valence-corrected chi connectivity index (χ4v) is 2.21. The molecule has 0 saturated heterocycles. The molecule has 2 rings (SSSR count). The van der Waals surface area contributed by atoms with Gasteiger partial charge in [0.2, 0.25) is 0 Å². The van der Waals surface area contributed by atoms with Crippen LogP contribution >= 0.6 is 15.9 Å². The number of hydrogen-bond acceptors (Lipinski definition) is 3. The molecule has 1 aromatic heterocycles. The van der Waals surface area contributed by atoms with Crippen LogP contribution in [0.4, 0.5) is 0 Å². The minimum absolute atomic E-state index is 0.0885. The van der Waals surface area contributed by atoms with Crippen LogP contribution in [-0.2, 0) is 0 Å². The van der Waals surface area contributed by atoms with Gasteiger partial charge in [-0.25, -0.2) is 0 Å². The molecule has 1 saturated carbocycles. The van der Waals surface area contributed by atoms with E-state index >= 15 is 0 Å². The smallest absolute Gasteiger partial charge is 0.255 e. The number of hydrogen-bond donors (Lipinski definition) is 0. The Hall–Kier alpha value is -0.970. The first-order valence-corrected chi connectivity index (χ1v) is 7.08. The zero-order valence-corrected chi connectivity index (χ0v) is 11.3. The number of amides is 1. The summed E-state index contributed by atoms with van der Waals surface area (Å²) >= 11 is 3.41. The second-order valence-corrected chi connectivity index (χ2v) is 5.05. The molecular formula is C12H16BrN3O. The second-order valence-electron chi connectivity index (χ2n) is 4.26. The summed E-state index contributed by atoms with van der Waals surface area (Å²) in [6, 6.07) is 2.16. The lowest BCUT2D eigenvalue weighted by atomic mass is 9.91. The Kier molecular flexibility index (Phi) is 4.48. The van der Waals surface area contributed by atoms with E-state index in [1.165, 1.54) is 6.42 Å². The van der Waals surface area contributed by atoms with Crippen LogP contribution in [0.2, 0.25) is 0 Å². The van der Waals surface area contributed by atoms with Gasteiger partial charge in [0.05, 0.1) is 18.0 Å². The Labute approximate surface area is 110 Å². The molecule has 0 unspecified atom stereocenters. The SMILES string of the molecule is O=C(c1ccnnc1)N(CCCBr)C1CCC1. The van der Waals surface area contributed by atoms with Crippen LogP contribution in [0.1, 0.15) is 36.0 Å². The molecule has 1 aliphatic rings. The molecule has 0 radical (unpaired) electrons. The van der Waals surface area contributed by atoms with E-state index in [2.05, 4.69) is 26.1 Å². The van der Waals surface area contributed by atoms with Crippen LogP contribution in [0.25, 0.3) is 0 Å². The molecule has 0 aromatic carbocycles. The topological polar surface area (TPSA) is 46.1 Å². The fraction of sp³-hybridized carbons (Fsp3) is 0.583. The summed E-state index contributed by atoms with van der Waals surface area (Å²) in [6.45, 7) is 0.817. The van der Waals surface area contributed by atoms with E-state index in [9.17, 15) is 4.79 Å². The maximum Gasteiger partial charge on any atom is 0.255 e. The minimum Gasteiger partial charge on any atom is -0.336 e. The van der Waals surface area contributed by atoms with Gasteiger partial charge in [0, 0.05) is 17.9 Å². The highest BCUT2D eigenvalue weighted by molar-refractivity contribution is 9.09. The van der Waals surface area contributed by atoms with E-state index in [0.717, 1.165) is 31.1 Å². The number of halogens is 1. The van der Waals surface area contributed by atoms with E-state index in [-0.39, 0.29) is 5.91 Å². The number of carbonyl (C=O) groups is 1. The standard InChI is InChI=1S/C12H16BrN3O/c13-6-2-8-16(11-3-1-4-11)12(17)10-5-7-14-15-9-10/h5,7,9,11H,1-4,6,8H2. The number of alkyl halides is 1. The normalized spacial score (nSPS) is 15.4. The summed E-state index contributed by atoms with van der Waals surface area (Å²) in [5.74, 6) is 0.0885. The Morgan fingerprint density at radius 3 is 2.82 bits per heavy atom. The predicted molar refractivity (Wildman–Crippen MR) is 69.1 cm³/mol. The maximum atomic E-state index is 12.3. The molecule has 0 bridgehead atoms. The third kappa shape index (κ3) is 3.03. The van der Waals surface area contributed by atoms with Crippen molar-refractivity contribution in [2.75, 3.05) is 11.9 Å². The lowest BCUT2D eigenvalue weighted by Gasteiger charge is -2.37. The summed E-state index contributed by atoms with van der Waals surface area (Å²) in [5.41, 5.74) is 0.640. The summed E-state index contributed by atoms with van der Waals surface area (Å²) in [6.07, 6.45) is 7.59. The molecule has 1 aromatic rings. The van der Waals surface area contributed by atoms with E-state index < -0.39 is 0 Å². The number of nitrogens with zero attached hydrogens (tertiary/aromatic N) is 3. The number of carbonyl (C=O) groups excluding carboxylic acids is 1. The molecule has 0 spiro atoms. The lowest BCUT2D eigenvalue weighted by molar-refractivity contribution is 0.0580. The third-order valence-corrected chi connectivity index (χ3v) is 3.70. The summed E-state index contributed by atoms with van der Waals surface area (Å²) in [5, 5.41) is 8.39. The zero-order valence-electron chi connectivity index (χ0n) is 9.68. The van der Waals surface area contributed by atoms with Crippen molar-refractivity contribution in [1.29, 1.82) is 0 Å². The van der Waals surface area contributed by atoms with Crippen molar-refractivity contribution in [3.8, 4) is 0 Å². The van der Waals surface area contributed by atoms with Crippen molar-refractivity contribution in [3.63, 3.8) is 0 Å². The van der Waals surface area contributed by atoms with E-state index in [1.807, 2.05) is 4.90 Å². The molecule has 1 amide bonds. The van der Waals surface area contributed by atoms with Gasteiger partial charge in [-0.3, -0.25) is 4.79 Å². The maximum absolute atomic E-state index is 12.3. The van der Waals surface area contributed by atoms with Crippen LogP contribution in [0.5, 0.6) is 0 Å². The van der Waals surface area contributed by atoms with Gasteiger partial charge in [-0.05, 0) is 31.7 Å². The Morgan fingerprint density at radius 2 is 2.29 bits per heavy atom. The zero-order chi connectivity index (χ0) is 12.1. The van der Waals surface area contributed by atoms with Gasteiger partial charge < -0.3 is 4.90 Å². The predicted octanol–water partition coefficient (Wildman–Crippen LogP) is 2.26. The monoisotopic (exact) mass is 297 g/mol. The summed E-state index contributed by atoms with van der Waals surface area (Å²) in [4.78, 5) is 14.3. The molecule has 1 heterocycles. The first kappa shape index (κ1) is 12.5. The largest absolute Gasteiger partial charge is 0.336 e. The Balaban J connectivity index is 2.06. The quantitative estimate of drug-likeness (QED) is 0.783. The van der Waals surface area contributed by atoms with Crippen molar-refractivity contribution < 1.29 is 4.79 Å². The molecule has 4 nitrogen and oxygen atoms in total. The van der Waals surface area contributed by atoms with Gasteiger partial charge in [0.15, 0.2) is 0 Å². The van der Waals surface area contributed by atoms with Crippen LogP contribution in [-0.4, -0.2) is 38.9 Å². The van der Waals surface area contributed by atoms with Crippen molar-refractivity contribution in [2.24, 2.45) is 0 Å². The fourth-order valence-electron chi connectivity index (χ4n) is 1.96. The van der Waals surface area contributed by atoms with Gasteiger partial charge >= 0.3 is 0 Å². The molecule has 0 N–H and O–H groups in total. The molecule has 1 fully saturated rings. The third-order valence-electron chi connectivity index (χ3n) is 3.14. The molecular weight excluding hydrogens is 282 g/mol. The van der Waals surface area contributed by atoms with Gasteiger partial charge in [-0.2, -0.15) is 10.2 Å². The van der Waals surface area contributed by atoms with Crippen LogP contribution in [0, 0.1) is 0 Å². The average Bonchev–Trinajstić information content (AvgIpc) is 2.32. The Morgan fingerprint density at radius 1 is 1.47 bits per heavy atom. The summed E-state index contributed by atoms with van der Waals surface area (Å²) in [7, 11) is 0. The first-order chi connectivity index (χ1) is 8.33. The highest BCUT2D eigenvalue weighted by atomic mass is 79.9. The lowest BCUT2D eigenvalue weighted by Crippen LogP contribution is -2.44. The number of aromatic nitrogens is 2. The van der Waals surface area contributed by atoms with E-state index in [0.29, 0.717) is 11.6 Å². The molecule has 0 atom stereocenters. The highest BCUT2D eigenvalue weighted by Crippen LogP contribution is 2.26. The van der Waals surface area contributed by atoms with Gasteiger partial charge in [0.25, 0.3) is 5.91 Å². The van der Waals surface area contributed by atoms with Gasteiger partial charge in [0.1, 0.15) is 0 Å². The molecule has 0 aliphatic heterocycles. The first-order valence-electron chi connectivity index (χ1n) is 5.96. The van der Waals surface area contributed by atoms with E-state index in [4.69, 9.17) is 0 Å². The minimum atomic E-state index is 0.0885. The molecule has 92 valence electrons. The van der Waals surface area contributed by atoms with E-state index in [1.54, 1.807) is 18.5 Å². The van der Waals surface area contributed by atoms with Gasteiger partial charge in [-0.15, -0.1) is 0 Å². The second kappa shape index (κ2) is 6.10. The Bertz CT molecular complexity index is 367. The number of rotatable bonds is 5. The van der Waals surface area contributed by atoms with Crippen LogP contribution < -0.4 is 0 Å². The van der Waals surface area contributed by atoms with Crippen LogP contribution in [0.3, 0.4) is 0 Å².